The molecule has 1 aliphatic heterocycles. The van der Waals surface area contributed by atoms with Gasteiger partial charge in [0.15, 0.2) is 0 Å². The van der Waals surface area contributed by atoms with Crippen LogP contribution in [-0.2, 0) is 0 Å². The fourth-order valence-electron chi connectivity index (χ4n) is 3.88. The number of piperidine rings is 1. The number of carbonyl (C=O) groups excluding carboxylic acids is 1. The zero-order valence-electron chi connectivity index (χ0n) is 15.9. The second-order valence-electron chi connectivity index (χ2n) is 7.69. The van der Waals surface area contributed by atoms with Crippen LogP contribution >= 0.6 is 11.6 Å². The lowest BCUT2D eigenvalue weighted by Crippen LogP contribution is -2.42. The van der Waals surface area contributed by atoms with E-state index in [0.29, 0.717) is 29.5 Å². The molecule has 2 aromatic carbocycles. The number of aliphatic hydroxyl groups excluding tert-OH is 1. The summed E-state index contributed by atoms with van der Waals surface area (Å²) < 4.78 is 14.7. The third-order valence-corrected chi connectivity index (χ3v) is 5.82. The normalized spacial score (nSPS) is 19.1. The fraction of sp³-hybridized carbons (Fsp3) is 0.364. The van der Waals surface area contributed by atoms with Crippen LogP contribution in [0.25, 0.3) is 0 Å². The zero-order chi connectivity index (χ0) is 20.5. The largest absolute Gasteiger partial charge is 0.391 e. The summed E-state index contributed by atoms with van der Waals surface area (Å²) in [6.45, 7) is 0.838. The molecule has 0 aromatic heterocycles. The van der Waals surface area contributed by atoms with E-state index < -0.39 is 17.8 Å². The average Bonchev–Trinajstić information content (AvgIpc) is 3.52. The molecule has 7 heteroatoms. The van der Waals surface area contributed by atoms with Gasteiger partial charge in [-0.15, -0.1) is 0 Å². The summed E-state index contributed by atoms with van der Waals surface area (Å²) in [5.41, 5.74) is 1.56. The van der Waals surface area contributed by atoms with Gasteiger partial charge in [-0.05, 0) is 55.4 Å². The Balaban J connectivity index is 1.64. The van der Waals surface area contributed by atoms with E-state index in [1.54, 1.807) is 17.0 Å². The van der Waals surface area contributed by atoms with Crippen LogP contribution in [0.2, 0.25) is 5.02 Å². The van der Waals surface area contributed by atoms with Gasteiger partial charge in [0.2, 0.25) is 0 Å². The number of nitrogens with one attached hydrogen (secondary N) is 2. The Kier molecular flexibility index (Phi) is 5.56. The van der Waals surface area contributed by atoms with Gasteiger partial charge in [-0.1, -0.05) is 29.8 Å². The van der Waals surface area contributed by atoms with Crippen molar-refractivity contribution >= 4 is 29.0 Å². The second kappa shape index (κ2) is 8.13. The maximum atomic E-state index is 14.7. The van der Waals surface area contributed by atoms with Crippen molar-refractivity contribution < 1.29 is 14.3 Å². The minimum absolute atomic E-state index is 0.0231. The number of aliphatic hydroxyl groups is 1. The summed E-state index contributed by atoms with van der Waals surface area (Å²) in [5, 5.41) is 21.5. The Hall–Kier alpha value is -2.44. The van der Waals surface area contributed by atoms with Gasteiger partial charge in [0, 0.05) is 13.1 Å². The van der Waals surface area contributed by atoms with Gasteiger partial charge < -0.3 is 15.3 Å². The number of nitrogens with zero attached hydrogens (tertiary/aromatic N) is 1. The first-order chi connectivity index (χ1) is 14.0. The molecule has 0 radical (unpaired) electrons. The van der Waals surface area contributed by atoms with E-state index >= 15 is 0 Å². The van der Waals surface area contributed by atoms with E-state index in [1.165, 1.54) is 12.1 Å². The lowest BCUT2D eigenvalue weighted by atomic mass is 10.0. The summed E-state index contributed by atoms with van der Waals surface area (Å²) in [7, 11) is 0. The van der Waals surface area contributed by atoms with Crippen molar-refractivity contribution in [3.63, 3.8) is 0 Å². The molecule has 1 unspecified atom stereocenters. The van der Waals surface area contributed by atoms with Crippen molar-refractivity contribution in [2.75, 3.05) is 18.4 Å². The smallest absolute Gasteiger partial charge is 0.257 e. The first kappa shape index (κ1) is 19.9. The predicted molar refractivity (Wildman–Crippen MR) is 111 cm³/mol. The van der Waals surface area contributed by atoms with Crippen molar-refractivity contribution in [3.8, 4) is 0 Å². The number of anilines is 1. The maximum absolute atomic E-state index is 14.7. The van der Waals surface area contributed by atoms with Crippen LogP contribution in [-0.4, -0.2) is 40.9 Å². The predicted octanol–water partition coefficient (Wildman–Crippen LogP) is 4.39. The van der Waals surface area contributed by atoms with E-state index in [0.717, 1.165) is 24.8 Å². The van der Waals surface area contributed by atoms with Gasteiger partial charge in [0.25, 0.3) is 5.91 Å². The Morgan fingerprint density at radius 3 is 2.66 bits per heavy atom. The van der Waals surface area contributed by atoms with E-state index in [-0.39, 0.29) is 23.6 Å². The third-order valence-electron chi connectivity index (χ3n) is 5.50. The Morgan fingerprint density at radius 1 is 1.17 bits per heavy atom. The molecule has 3 N–H and O–H groups in total. The first-order valence-electron chi connectivity index (χ1n) is 9.86. The van der Waals surface area contributed by atoms with Crippen LogP contribution in [0.5, 0.6) is 0 Å². The summed E-state index contributed by atoms with van der Waals surface area (Å²) in [6, 6.07) is 9.76. The van der Waals surface area contributed by atoms with Crippen LogP contribution in [0.1, 0.15) is 53.1 Å². The minimum atomic E-state index is -0.588. The van der Waals surface area contributed by atoms with Gasteiger partial charge in [0.05, 0.1) is 27.9 Å². The Morgan fingerprint density at radius 2 is 1.93 bits per heavy atom. The molecule has 1 saturated heterocycles. The number of carbonyl (C=O) groups is 1. The van der Waals surface area contributed by atoms with Crippen molar-refractivity contribution in [1.82, 2.24) is 4.90 Å². The molecule has 152 valence electrons. The van der Waals surface area contributed by atoms with Crippen molar-refractivity contribution in [2.45, 2.75) is 37.7 Å². The van der Waals surface area contributed by atoms with Gasteiger partial charge in [-0.3, -0.25) is 10.2 Å². The number of rotatable bonds is 4. The van der Waals surface area contributed by atoms with Gasteiger partial charge in [0.1, 0.15) is 11.7 Å². The van der Waals surface area contributed by atoms with Crippen molar-refractivity contribution in [3.05, 3.63) is 63.9 Å². The van der Waals surface area contributed by atoms with E-state index in [9.17, 15) is 14.3 Å². The monoisotopic (exact) mass is 415 g/mol. The van der Waals surface area contributed by atoms with Crippen LogP contribution in [0, 0.1) is 11.2 Å². The molecule has 1 saturated carbocycles. The number of amides is 1. The number of β-amino-alcohol motifs (C(OH)–C–C–N with tert-alkyl or cyclic N) is 1. The summed E-state index contributed by atoms with van der Waals surface area (Å²) in [6.07, 6.45) is 2.89. The highest BCUT2D eigenvalue weighted by atomic mass is 35.5. The fourth-order valence-corrected chi connectivity index (χ4v) is 4.15. The molecule has 0 bridgehead atoms. The van der Waals surface area contributed by atoms with Crippen LogP contribution < -0.4 is 5.32 Å². The van der Waals surface area contributed by atoms with E-state index in [1.807, 2.05) is 12.1 Å². The number of likely N-dealkylation sites (tertiary alicyclic amines) is 1. The number of amidine groups is 1. The van der Waals surface area contributed by atoms with E-state index in [2.05, 4.69) is 5.32 Å². The molecule has 29 heavy (non-hydrogen) atoms. The highest BCUT2D eigenvalue weighted by Gasteiger charge is 2.30. The van der Waals surface area contributed by atoms with Gasteiger partial charge in [-0.25, -0.2) is 4.39 Å². The molecule has 0 spiro atoms. The molecule has 5 nitrogen and oxygen atoms in total. The lowest BCUT2D eigenvalue weighted by Gasteiger charge is -2.32. The second-order valence-corrected chi connectivity index (χ2v) is 8.09. The molecule has 1 atom stereocenters. The molecule has 1 aliphatic carbocycles. The molecule has 1 heterocycles. The molecular weight excluding hydrogens is 393 g/mol. The average molecular weight is 416 g/mol. The molecule has 2 aromatic rings. The third kappa shape index (κ3) is 4.14. The molecule has 4 rings (SSSR count). The van der Waals surface area contributed by atoms with Crippen molar-refractivity contribution in [1.29, 1.82) is 5.41 Å². The van der Waals surface area contributed by atoms with Crippen LogP contribution in [0.3, 0.4) is 0 Å². The number of hydrogen-bond acceptors (Lipinski definition) is 3. The Bertz CT molecular complexity index is 961. The zero-order valence-corrected chi connectivity index (χ0v) is 16.7. The number of halogens is 2. The molecular formula is C22H23ClFN3O2. The van der Waals surface area contributed by atoms with E-state index in [4.69, 9.17) is 17.0 Å². The molecule has 2 aliphatic rings. The highest BCUT2D eigenvalue weighted by Crippen LogP contribution is 2.43. The minimum Gasteiger partial charge on any atom is -0.391 e. The molecule has 2 fully saturated rings. The number of hydrogen-bond donors (Lipinski definition) is 3. The van der Waals surface area contributed by atoms with Crippen LogP contribution in [0.15, 0.2) is 36.4 Å². The first-order valence-corrected chi connectivity index (χ1v) is 10.2. The highest BCUT2D eigenvalue weighted by molar-refractivity contribution is 6.34. The topological polar surface area (TPSA) is 76.4 Å². The summed E-state index contributed by atoms with van der Waals surface area (Å²) in [4.78, 5) is 14.7. The lowest BCUT2D eigenvalue weighted by molar-refractivity contribution is 0.102. The summed E-state index contributed by atoms with van der Waals surface area (Å²) >= 11 is 6.32. The van der Waals surface area contributed by atoms with Crippen molar-refractivity contribution in [2.24, 2.45) is 0 Å². The number of benzene rings is 2. The standard InChI is InChI=1S/C22H23ClFN3O2/c23-16-6-1-5-15(13-9-10-13)19(16)22(29)26-18-8-2-7-17(24)20(18)21(25)27-11-3-4-14(28)12-27/h1-2,5-8,13-14,25,28H,3-4,9-12H2,(H,26,29). The van der Waals surface area contributed by atoms with Crippen LogP contribution in [0.4, 0.5) is 10.1 Å². The maximum Gasteiger partial charge on any atom is 0.257 e. The Labute approximate surface area is 174 Å². The quantitative estimate of drug-likeness (QED) is 0.512. The van der Waals surface area contributed by atoms with Gasteiger partial charge in [-0.2, -0.15) is 0 Å². The summed E-state index contributed by atoms with van der Waals surface area (Å²) in [5.74, 6) is -0.710. The SMILES string of the molecule is N=C(c1c(F)cccc1NC(=O)c1c(Cl)cccc1C1CC1)N1CCCC(O)C1. The van der Waals surface area contributed by atoms with Gasteiger partial charge >= 0.3 is 0 Å². The molecule has 1 amide bonds.